The third kappa shape index (κ3) is 7.10. The molecule has 0 aliphatic carbocycles. The van der Waals surface area contributed by atoms with Crippen LogP contribution in [0.1, 0.15) is 31.5 Å². The lowest BCUT2D eigenvalue weighted by atomic mass is 10.3. The Balaban J connectivity index is 1.36. The van der Waals surface area contributed by atoms with Gasteiger partial charge in [-0.1, -0.05) is 18.5 Å². The quantitative estimate of drug-likeness (QED) is 0.604. The fourth-order valence-electron chi connectivity index (χ4n) is 3.05. The molecule has 1 amide bonds. The molecular weight excluding hydrogens is 377 g/mol. The Morgan fingerprint density at radius 3 is 2.66 bits per heavy atom. The maximum absolute atomic E-state index is 12.9. The van der Waals surface area contributed by atoms with Crippen LogP contribution >= 0.6 is 0 Å². The first-order valence-electron chi connectivity index (χ1n) is 10.0. The van der Waals surface area contributed by atoms with Gasteiger partial charge in [0.05, 0.1) is 13.1 Å². The maximum atomic E-state index is 12.9. The zero-order valence-corrected chi connectivity index (χ0v) is 16.8. The maximum Gasteiger partial charge on any atom is 0.240 e. The number of amides is 1. The molecule has 1 aromatic heterocycles. The summed E-state index contributed by atoms with van der Waals surface area (Å²) in [5.41, 5.74) is 0. The number of aromatic nitrogens is 2. The summed E-state index contributed by atoms with van der Waals surface area (Å²) in [6.07, 6.45) is 2.09. The molecule has 2 heterocycles. The van der Waals surface area contributed by atoms with Crippen LogP contribution in [-0.4, -0.2) is 65.1 Å². The highest BCUT2D eigenvalue weighted by atomic mass is 19.1. The van der Waals surface area contributed by atoms with E-state index in [-0.39, 0.29) is 18.3 Å². The lowest BCUT2D eigenvalue weighted by molar-refractivity contribution is -0.122. The van der Waals surface area contributed by atoms with Crippen LogP contribution in [0.15, 0.2) is 28.8 Å². The van der Waals surface area contributed by atoms with Gasteiger partial charge in [0.25, 0.3) is 0 Å². The summed E-state index contributed by atoms with van der Waals surface area (Å²) >= 11 is 0. The Labute approximate surface area is 170 Å². The average molecular weight is 405 g/mol. The Kier molecular flexibility index (Phi) is 7.94. The molecule has 2 aromatic rings. The standard InChI is InChI=1S/C20H28FN5O3/c1-2-3-8-22-19(27)13-25-9-11-26(12-10-25)14-20-23-18(24-29-20)15-28-17-6-4-16(21)5-7-17/h4-7H,2-3,8-15H2,1H3,(H,22,27). The van der Waals surface area contributed by atoms with Gasteiger partial charge in [-0.2, -0.15) is 4.98 Å². The minimum Gasteiger partial charge on any atom is -0.485 e. The van der Waals surface area contributed by atoms with E-state index in [0.717, 1.165) is 45.6 Å². The molecule has 1 saturated heterocycles. The number of nitrogens with zero attached hydrogens (tertiary/aromatic N) is 4. The number of rotatable bonds is 10. The van der Waals surface area contributed by atoms with Crippen LogP contribution in [0.5, 0.6) is 5.75 Å². The molecule has 158 valence electrons. The van der Waals surface area contributed by atoms with E-state index in [2.05, 4.69) is 32.2 Å². The minimum absolute atomic E-state index is 0.0922. The number of hydrogen-bond donors (Lipinski definition) is 1. The number of piperazine rings is 1. The highest BCUT2D eigenvalue weighted by Gasteiger charge is 2.20. The SMILES string of the molecule is CCCCNC(=O)CN1CCN(Cc2nc(COc3ccc(F)cc3)no2)CC1. The van der Waals surface area contributed by atoms with E-state index in [1.54, 1.807) is 12.1 Å². The monoisotopic (exact) mass is 405 g/mol. The summed E-state index contributed by atoms with van der Waals surface area (Å²) in [4.78, 5) is 20.6. The normalized spacial score (nSPS) is 15.4. The third-order valence-corrected chi connectivity index (χ3v) is 4.74. The van der Waals surface area contributed by atoms with Gasteiger partial charge in [-0.25, -0.2) is 4.39 Å². The van der Waals surface area contributed by atoms with Gasteiger partial charge in [-0.3, -0.25) is 14.6 Å². The molecule has 0 spiro atoms. The van der Waals surface area contributed by atoms with Crippen molar-refractivity contribution in [3.05, 3.63) is 41.8 Å². The fourth-order valence-corrected chi connectivity index (χ4v) is 3.05. The molecule has 1 N–H and O–H groups in total. The lowest BCUT2D eigenvalue weighted by Crippen LogP contribution is -2.49. The number of halogens is 1. The van der Waals surface area contributed by atoms with Crippen LogP contribution in [0.2, 0.25) is 0 Å². The predicted molar refractivity (Wildman–Crippen MR) is 105 cm³/mol. The highest BCUT2D eigenvalue weighted by molar-refractivity contribution is 5.77. The number of carbonyl (C=O) groups is 1. The van der Waals surface area contributed by atoms with Crippen LogP contribution in [0.4, 0.5) is 4.39 Å². The molecule has 0 saturated carbocycles. The highest BCUT2D eigenvalue weighted by Crippen LogP contribution is 2.13. The van der Waals surface area contributed by atoms with Gasteiger partial charge in [-0.05, 0) is 30.7 Å². The fraction of sp³-hybridized carbons (Fsp3) is 0.550. The molecule has 9 heteroatoms. The van der Waals surface area contributed by atoms with E-state index in [1.807, 2.05) is 0 Å². The molecule has 3 rings (SSSR count). The van der Waals surface area contributed by atoms with Crippen LogP contribution in [-0.2, 0) is 17.9 Å². The van der Waals surface area contributed by atoms with Crippen LogP contribution in [0, 0.1) is 5.82 Å². The smallest absolute Gasteiger partial charge is 0.240 e. The van der Waals surface area contributed by atoms with E-state index >= 15 is 0 Å². The van der Waals surface area contributed by atoms with E-state index in [1.165, 1.54) is 12.1 Å². The molecule has 0 atom stereocenters. The zero-order chi connectivity index (χ0) is 20.5. The minimum atomic E-state index is -0.309. The number of hydrogen-bond acceptors (Lipinski definition) is 7. The molecule has 0 radical (unpaired) electrons. The molecule has 0 unspecified atom stereocenters. The molecule has 1 fully saturated rings. The van der Waals surface area contributed by atoms with Crippen LogP contribution in [0.25, 0.3) is 0 Å². The van der Waals surface area contributed by atoms with Gasteiger partial charge in [-0.15, -0.1) is 0 Å². The van der Waals surface area contributed by atoms with Crippen molar-refractivity contribution < 1.29 is 18.4 Å². The number of ether oxygens (including phenoxy) is 1. The molecular formula is C20H28FN5O3. The topological polar surface area (TPSA) is 83.7 Å². The molecule has 0 bridgehead atoms. The molecule has 1 aliphatic rings. The summed E-state index contributed by atoms with van der Waals surface area (Å²) in [7, 11) is 0. The molecule has 1 aliphatic heterocycles. The number of carbonyl (C=O) groups excluding carboxylic acids is 1. The van der Waals surface area contributed by atoms with Gasteiger partial charge in [0.1, 0.15) is 11.6 Å². The second-order valence-corrected chi connectivity index (χ2v) is 7.10. The van der Waals surface area contributed by atoms with Crippen molar-refractivity contribution >= 4 is 5.91 Å². The zero-order valence-electron chi connectivity index (χ0n) is 16.8. The largest absolute Gasteiger partial charge is 0.485 e. The number of benzene rings is 1. The van der Waals surface area contributed by atoms with Crippen molar-refractivity contribution in [1.29, 1.82) is 0 Å². The second-order valence-electron chi connectivity index (χ2n) is 7.10. The van der Waals surface area contributed by atoms with Crippen molar-refractivity contribution in [2.24, 2.45) is 0 Å². The first-order valence-corrected chi connectivity index (χ1v) is 10.0. The summed E-state index contributed by atoms with van der Waals surface area (Å²) in [6, 6.07) is 5.79. The summed E-state index contributed by atoms with van der Waals surface area (Å²) in [5, 5.41) is 6.88. The first kappa shape index (κ1) is 21.2. The molecule has 1 aromatic carbocycles. The number of unbranched alkanes of at least 4 members (excludes halogenated alkanes) is 1. The van der Waals surface area contributed by atoms with Crippen LogP contribution < -0.4 is 10.1 Å². The van der Waals surface area contributed by atoms with Gasteiger partial charge in [0.2, 0.25) is 17.6 Å². The Bertz CT molecular complexity index is 760. The van der Waals surface area contributed by atoms with E-state index in [4.69, 9.17) is 9.26 Å². The molecule has 8 nitrogen and oxygen atoms in total. The van der Waals surface area contributed by atoms with Gasteiger partial charge >= 0.3 is 0 Å². The Hall–Kier alpha value is -2.52. The molecule has 29 heavy (non-hydrogen) atoms. The summed E-state index contributed by atoms with van der Waals surface area (Å²) in [5.74, 6) is 1.32. The van der Waals surface area contributed by atoms with Gasteiger partial charge in [0, 0.05) is 32.7 Å². The Morgan fingerprint density at radius 1 is 1.21 bits per heavy atom. The van der Waals surface area contributed by atoms with E-state index < -0.39 is 0 Å². The van der Waals surface area contributed by atoms with Crippen molar-refractivity contribution in [3.63, 3.8) is 0 Å². The first-order chi connectivity index (χ1) is 14.1. The average Bonchev–Trinajstić information content (AvgIpc) is 3.17. The van der Waals surface area contributed by atoms with E-state index in [9.17, 15) is 9.18 Å². The van der Waals surface area contributed by atoms with Crippen molar-refractivity contribution in [3.8, 4) is 5.75 Å². The van der Waals surface area contributed by atoms with Crippen LogP contribution in [0.3, 0.4) is 0 Å². The second kappa shape index (κ2) is 10.9. The Morgan fingerprint density at radius 2 is 1.93 bits per heavy atom. The van der Waals surface area contributed by atoms with Gasteiger partial charge in [0.15, 0.2) is 6.61 Å². The van der Waals surface area contributed by atoms with Crippen molar-refractivity contribution in [2.75, 3.05) is 39.3 Å². The lowest BCUT2D eigenvalue weighted by Gasteiger charge is -2.33. The third-order valence-electron chi connectivity index (χ3n) is 4.74. The van der Waals surface area contributed by atoms with Crippen molar-refractivity contribution in [1.82, 2.24) is 25.3 Å². The summed E-state index contributed by atoms with van der Waals surface area (Å²) in [6.45, 7) is 7.37. The summed E-state index contributed by atoms with van der Waals surface area (Å²) < 4.78 is 23.7. The van der Waals surface area contributed by atoms with E-state index in [0.29, 0.717) is 30.6 Å². The number of nitrogens with one attached hydrogen (secondary N) is 1. The predicted octanol–water partition coefficient (Wildman–Crippen LogP) is 1.82. The van der Waals surface area contributed by atoms with Gasteiger partial charge < -0.3 is 14.6 Å². The van der Waals surface area contributed by atoms with Crippen molar-refractivity contribution in [2.45, 2.75) is 32.9 Å².